The Bertz CT molecular complexity index is 131. The van der Waals surface area contributed by atoms with Crippen LogP contribution in [0.5, 0.6) is 0 Å². The molecule has 0 aromatic heterocycles. The predicted molar refractivity (Wildman–Crippen MR) is 48.2 cm³/mol. The van der Waals surface area contributed by atoms with Crippen LogP contribution >= 0.6 is 38.5 Å². The summed E-state index contributed by atoms with van der Waals surface area (Å²) in [7, 11) is 0.779. The molecule has 0 aromatic rings. The van der Waals surface area contributed by atoms with Crippen molar-refractivity contribution >= 4 is 38.5 Å². The van der Waals surface area contributed by atoms with Gasteiger partial charge >= 0.3 is 6.11 Å². The molecule has 0 saturated carbocycles. The minimum Gasteiger partial charge on any atom is -0.321 e. The molecule has 0 heterocycles. The first-order chi connectivity index (χ1) is 4.87. The van der Waals surface area contributed by atoms with Crippen LogP contribution in [0.3, 0.4) is 0 Å². The average molecular weight is 347 g/mol. The Hall–Kier alpha value is 0.960. The summed E-state index contributed by atoms with van der Waals surface area (Å²) in [6.07, 6.45) is -4.02. The maximum absolute atomic E-state index is 13.0. The van der Waals surface area contributed by atoms with E-state index in [2.05, 4.69) is 20.7 Å². The fourth-order valence-corrected chi connectivity index (χ4v) is 2.19. The topological polar surface area (TPSA) is 9.23 Å². The first-order valence-corrected chi connectivity index (χ1v) is 4.94. The van der Waals surface area contributed by atoms with Gasteiger partial charge in [-0.1, -0.05) is 15.9 Å². The summed E-state index contributed by atoms with van der Waals surface area (Å²) in [5.74, 6) is 0. The lowest BCUT2D eigenvalue weighted by atomic mass is 10.3. The van der Waals surface area contributed by atoms with Gasteiger partial charge < -0.3 is 4.74 Å². The number of rotatable bonds is 4. The molecule has 1 nitrogen and oxygen atoms in total. The van der Waals surface area contributed by atoms with E-state index in [4.69, 9.17) is 0 Å². The number of alkyl halides is 5. The van der Waals surface area contributed by atoms with E-state index in [9.17, 15) is 13.2 Å². The maximum Gasteiger partial charge on any atom is 0.398 e. The highest BCUT2D eigenvalue weighted by atomic mass is 127. The van der Waals surface area contributed by atoms with Crippen molar-refractivity contribution < 1.29 is 17.9 Å². The van der Waals surface area contributed by atoms with Gasteiger partial charge in [-0.25, -0.2) is 4.39 Å². The van der Waals surface area contributed by atoms with Crippen molar-refractivity contribution in [1.29, 1.82) is 0 Å². The van der Waals surface area contributed by atoms with E-state index < -0.39 is 9.78 Å². The van der Waals surface area contributed by atoms with Crippen molar-refractivity contribution in [1.82, 2.24) is 0 Å². The summed E-state index contributed by atoms with van der Waals surface area (Å²) in [5, 5.41) is 0.172. The first-order valence-electron chi connectivity index (χ1n) is 2.74. The van der Waals surface area contributed by atoms with Crippen LogP contribution in [0.25, 0.3) is 0 Å². The lowest BCUT2D eigenvalue weighted by molar-refractivity contribution is -0.264. The number of ether oxygens (including phenoxy) is 1. The Kier molecular flexibility index (Phi) is 4.64. The molecular weight excluding hydrogens is 340 g/mol. The molecule has 0 fully saturated rings. The zero-order valence-electron chi connectivity index (χ0n) is 5.71. The van der Waals surface area contributed by atoms with Crippen molar-refractivity contribution in [3.05, 3.63) is 0 Å². The van der Waals surface area contributed by atoms with Crippen LogP contribution in [-0.4, -0.2) is 22.2 Å². The molecule has 0 aliphatic heterocycles. The van der Waals surface area contributed by atoms with Crippen LogP contribution in [0.2, 0.25) is 0 Å². The smallest absolute Gasteiger partial charge is 0.321 e. The molecule has 0 bridgehead atoms. The van der Waals surface area contributed by atoms with E-state index in [1.54, 1.807) is 0 Å². The summed E-state index contributed by atoms with van der Waals surface area (Å²) in [6.45, 7) is 0. The van der Waals surface area contributed by atoms with Gasteiger partial charge in [0, 0.05) is 18.9 Å². The van der Waals surface area contributed by atoms with Crippen molar-refractivity contribution in [2.75, 3.05) is 12.4 Å². The highest BCUT2D eigenvalue weighted by Gasteiger charge is 2.53. The van der Waals surface area contributed by atoms with Crippen LogP contribution < -0.4 is 0 Å². The number of halogens is 5. The fraction of sp³-hybridized carbons (Fsp3) is 1.00. The third-order valence-corrected chi connectivity index (χ3v) is 2.65. The summed E-state index contributed by atoms with van der Waals surface area (Å²) in [5.41, 5.74) is 0. The van der Waals surface area contributed by atoms with Crippen molar-refractivity contribution in [3.63, 3.8) is 0 Å². The monoisotopic (exact) mass is 346 g/mol. The zero-order valence-corrected chi connectivity index (χ0v) is 9.46. The third kappa shape index (κ3) is 3.06. The van der Waals surface area contributed by atoms with Crippen LogP contribution in [0.15, 0.2) is 0 Å². The van der Waals surface area contributed by atoms with Gasteiger partial charge in [0.15, 0.2) is 0 Å². The quantitative estimate of drug-likeness (QED) is 0.561. The standard InChI is InChI=1S/C5H7BrF3IO/c1-11-5(8,9)4(7,10)2-3-6/h2-3H2,1H3. The Morgan fingerprint density at radius 2 is 1.91 bits per heavy atom. The Balaban J connectivity index is 4.26. The van der Waals surface area contributed by atoms with Gasteiger partial charge in [0.1, 0.15) is 0 Å². The summed E-state index contributed by atoms with van der Waals surface area (Å²) in [6, 6.07) is 0. The molecular formula is C5H7BrF3IO. The number of hydrogen-bond donors (Lipinski definition) is 0. The van der Waals surface area contributed by atoms with E-state index >= 15 is 0 Å². The summed E-state index contributed by atoms with van der Waals surface area (Å²) >= 11 is 3.92. The second-order valence-corrected chi connectivity index (χ2v) is 4.37. The number of methoxy groups -OCH3 is 1. The Morgan fingerprint density at radius 1 is 1.45 bits per heavy atom. The fourth-order valence-electron chi connectivity index (χ4n) is 0.414. The molecule has 0 N–H and O–H groups in total. The van der Waals surface area contributed by atoms with Crippen LogP contribution in [-0.2, 0) is 4.74 Å². The molecule has 1 atom stereocenters. The lowest BCUT2D eigenvalue weighted by Crippen LogP contribution is -2.40. The Morgan fingerprint density at radius 3 is 2.18 bits per heavy atom. The van der Waals surface area contributed by atoms with Crippen molar-refractivity contribution in [2.45, 2.75) is 16.2 Å². The summed E-state index contributed by atoms with van der Waals surface area (Å²) < 4.78 is 39.0. The van der Waals surface area contributed by atoms with Gasteiger partial charge in [0.25, 0.3) is 3.68 Å². The lowest BCUT2D eigenvalue weighted by Gasteiger charge is -2.25. The molecule has 0 amide bonds. The van der Waals surface area contributed by atoms with E-state index in [-0.39, 0.29) is 11.8 Å². The van der Waals surface area contributed by atoms with E-state index in [1.807, 2.05) is 0 Å². The highest BCUT2D eigenvalue weighted by Crippen LogP contribution is 2.41. The average Bonchev–Trinajstić information content (AvgIpc) is 1.87. The second-order valence-electron chi connectivity index (χ2n) is 1.86. The van der Waals surface area contributed by atoms with E-state index in [1.165, 1.54) is 0 Å². The van der Waals surface area contributed by atoms with Gasteiger partial charge in [0.05, 0.1) is 0 Å². The minimum atomic E-state index is -3.72. The molecule has 0 aliphatic rings. The normalized spacial score (nSPS) is 18.0. The zero-order chi connectivity index (χ0) is 9.12. The molecule has 0 rings (SSSR count). The largest absolute Gasteiger partial charge is 0.398 e. The predicted octanol–water partition coefficient (Wildman–Crippen LogP) is 3.11. The molecule has 0 aromatic carbocycles. The van der Waals surface area contributed by atoms with E-state index in [0.717, 1.165) is 29.7 Å². The molecule has 68 valence electrons. The second kappa shape index (κ2) is 4.27. The molecule has 0 saturated heterocycles. The molecule has 1 unspecified atom stereocenters. The molecule has 6 heteroatoms. The van der Waals surface area contributed by atoms with Crippen LogP contribution in [0, 0.1) is 0 Å². The van der Waals surface area contributed by atoms with Gasteiger partial charge in [-0.2, -0.15) is 8.78 Å². The summed E-state index contributed by atoms with van der Waals surface area (Å²) in [4.78, 5) is 0. The first kappa shape index (κ1) is 12.0. The molecule has 0 spiro atoms. The number of hydrogen-bond acceptors (Lipinski definition) is 1. The van der Waals surface area contributed by atoms with Gasteiger partial charge in [-0.15, -0.1) is 0 Å². The van der Waals surface area contributed by atoms with Crippen molar-refractivity contribution in [2.24, 2.45) is 0 Å². The van der Waals surface area contributed by atoms with Crippen molar-refractivity contribution in [3.8, 4) is 0 Å². The van der Waals surface area contributed by atoms with Gasteiger partial charge in [0.2, 0.25) is 0 Å². The third-order valence-electron chi connectivity index (χ3n) is 1.09. The Labute approximate surface area is 84.9 Å². The minimum absolute atomic E-state index is 0.172. The molecule has 11 heavy (non-hydrogen) atoms. The van der Waals surface area contributed by atoms with E-state index in [0.29, 0.717) is 0 Å². The van der Waals surface area contributed by atoms with Gasteiger partial charge in [-0.05, 0) is 22.6 Å². The van der Waals surface area contributed by atoms with Gasteiger partial charge in [-0.3, -0.25) is 0 Å². The molecule has 0 radical (unpaired) electrons. The molecule has 0 aliphatic carbocycles. The van der Waals surface area contributed by atoms with Crippen LogP contribution in [0.1, 0.15) is 6.42 Å². The maximum atomic E-state index is 13.0. The van der Waals surface area contributed by atoms with Crippen LogP contribution in [0.4, 0.5) is 13.2 Å². The SMILES string of the molecule is COC(F)(F)C(F)(I)CCBr. The highest BCUT2D eigenvalue weighted by molar-refractivity contribution is 14.1.